The number of rotatable bonds is 9. The smallest absolute Gasteiger partial charge is 0.401 e. The van der Waals surface area contributed by atoms with Crippen LogP contribution < -0.4 is 5.32 Å². The van der Waals surface area contributed by atoms with Crippen LogP contribution in [0.5, 0.6) is 5.75 Å². The molecule has 0 bridgehead atoms. The van der Waals surface area contributed by atoms with E-state index in [1.54, 1.807) is 26.0 Å². The van der Waals surface area contributed by atoms with E-state index >= 15 is 0 Å². The highest BCUT2D eigenvalue weighted by Crippen LogP contribution is 2.35. The molecule has 0 aliphatic carbocycles. The number of phenolic OH excluding ortho intramolecular Hbond substituents is 1. The van der Waals surface area contributed by atoms with Gasteiger partial charge in [0.15, 0.2) is 0 Å². The predicted octanol–water partition coefficient (Wildman–Crippen LogP) is 4.00. The fourth-order valence-corrected chi connectivity index (χ4v) is 2.59. The molecule has 4 nitrogen and oxygen atoms in total. The van der Waals surface area contributed by atoms with Gasteiger partial charge in [0.05, 0.1) is 12.0 Å². The summed E-state index contributed by atoms with van der Waals surface area (Å²) in [6, 6.07) is 6.86. The number of aromatic hydroxyl groups is 1. The molecule has 1 unspecified atom stereocenters. The van der Waals surface area contributed by atoms with Crippen LogP contribution in [0.2, 0.25) is 0 Å². The summed E-state index contributed by atoms with van der Waals surface area (Å²) in [6.07, 6.45) is -2.92. The van der Waals surface area contributed by atoms with Gasteiger partial charge in [0.2, 0.25) is 0 Å². The summed E-state index contributed by atoms with van der Waals surface area (Å²) in [5.41, 5.74) is 0.260. The topological polar surface area (TPSA) is 58.6 Å². The SMILES string of the molecule is CCC(CC(C)(C)C(=O)OCCNCC(F)(F)F)c1ccc(O)cc1. The first kappa shape index (κ1) is 21.3. The van der Waals surface area contributed by atoms with Gasteiger partial charge in [-0.1, -0.05) is 19.1 Å². The lowest BCUT2D eigenvalue weighted by atomic mass is 9.79. The molecule has 7 heteroatoms. The number of carbonyl (C=O) groups excluding carboxylic acids is 1. The molecule has 1 aromatic carbocycles. The van der Waals surface area contributed by atoms with Gasteiger partial charge in [0.1, 0.15) is 12.4 Å². The van der Waals surface area contributed by atoms with Crippen molar-refractivity contribution in [1.29, 1.82) is 0 Å². The largest absolute Gasteiger partial charge is 0.508 e. The minimum atomic E-state index is -4.28. The number of phenols is 1. The predicted molar refractivity (Wildman–Crippen MR) is 89.4 cm³/mol. The quantitative estimate of drug-likeness (QED) is 0.516. The average Bonchev–Trinajstić information content (AvgIpc) is 2.52. The first-order valence-corrected chi connectivity index (χ1v) is 8.29. The highest BCUT2D eigenvalue weighted by molar-refractivity contribution is 5.76. The molecule has 1 atom stereocenters. The molecule has 0 saturated carbocycles. The van der Waals surface area contributed by atoms with Gasteiger partial charge < -0.3 is 15.2 Å². The number of esters is 1. The molecule has 0 saturated heterocycles. The Bertz CT molecular complexity index is 541. The van der Waals surface area contributed by atoms with Crippen LogP contribution in [0.25, 0.3) is 0 Å². The molecule has 1 aromatic rings. The van der Waals surface area contributed by atoms with E-state index in [4.69, 9.17) is 4.74 Å². The van der Waals surface area contributed by atoms with Crippen molar-refractivity contribution in [3.05, 3.63) is 29.8 Å². The Morgan fingerprint density at radius 2 is 1.84 bits per heavy atom. The van der Waals surface area contributed by atoms with Crippen LogP contribution >= 0.6 is 0 Å². The van der Waals surface area contributed by atoms with Crippen molar-refractivity contribution in [3.63, 3.8) is 0 Å². The second-order valence-electron chi connectivity index (χ2n) is 6.71. The van der Waals surface area contributed by atoms with Crippen LogP contribution in [0.15, 0.2) is 24.3 Å². The molecule has 2 N–H and O–H groups in total. The lowest BCUT2D eigenvalue weighted by Gasteiger charge is -2.27. The maximum atomic E-state index is 12.2. The van der Waals surface area contributed by atoms with E-state index in [2.05, 4.69) is 5.32 Å². The molecule has 1 rings (SSSR count). The minimum Gasteiger partial charge on any atom is -0.508 e. The molecule has 0 spiro atoms. The number of halogens is 3. The van der Waals surface area contributed by atoms with Crippen LogP contribution in [0.4, 0.5) is 13.2 Å². The molecule has 0 aromatic heterocycles. The highest BCUT2D eigenvalue weighted by atomic mass is 19.4. The first-order valence-electron chi connectivity index (χ1n) is 8.29. The number of hydrogen-bond donors (Lipinski definition) is 2. The molecule has 0 heterocycles. The van der Waals surface area contributed by atoms with Crippen LogP contribution in [-0.4, -0.2) is 36.9 Å². The molecule has 0 aliphatic rings. The Labute approximate surface area is 146 Å². The Hall–Kier alpha value is -1.76. The molecule has 0 amide bonds. The van der Waals surface area contributed by atoms with Crippen molar-refractivity contribution in [1.82, 2.24) is 5.32 Å². The Morgan fingerprint density at radius 1 is 1.24 bits per heavy atom. The molecule has 0 aliphatic heterocycles. The summed E-state index contributed by atoms with van der Waals surface area (Å²) < 4.78 is 41.2. The standard InChI is InChI=1S/C18H26F3NO3/c1-4-13(14-5-7-15(23)8-6-14)11-17(2,3)16(24)25-10-9-22-12-18(19,20)21/h5-8,13,22-23H,4,9-12H2,1-3H3. The Morgan fingerprint density at radius 3 is 2.36 bits per heavy atom. The third-order valence-corrected chi connectivity index (χ3v) is 4.00. The number of alkyl halides is 3. The van der Waals surface area contributed by atoms with Crippen LogP contribution in [0, 0.1) is 5.41 Å². The summed E-state index contributed by atoms with van der Waals surface area (Å²) >= 11 is 0. The molecule has 0 radical (unpaired) electrons. The van der Waals surface area contributed by atoms with Gasteiger partial charge in [-0.25, -0.2) is 0 Å². The van der Waals surface area contributed by atoms with Crippen molar-refractivity contribution in [2.45, 2.75) is 45.7 Å². The van der Waals surface area contributed by atoms with E-state index in [1.807, 2.05) is 19.1 Å². The monoisotopic (exact) mass is 361 g/mol. The van der Waals surface area contributed by atoms with E-state index in [9.17, 15) is 23.1 Å². The van der Waals surface area contributed by atoms with Crippen LogP contribution in [0.1, 0.15) is 45.1 Å². The van der Waals surface area contributed by atoms with E-state index in [1.165, 1.54) is 0 Å². The van der Waals surface area contributed by atoms with Crippen molar-refractivity contribution in [2.75, 3.05) is 19.7 Å². The van der Waals surface area contributed by atoms with Crippen molar-refractivity contribution >= 4 is 5.97 Å². The van der Waals surface area contributed by atoms with Gasteiger partial charge >= 0.3 is 12.1 Å². The van der Waals surface area contributed by atoms with Crippen molar-refractivity contribution in [2.24, 2.45) is 5.41 Å². The van der Waals surface area contributed by atoms with Crippen LogP contribution in [0.3, 0.4) is 0 Å². The summed E-state index contributed by atoms with van der Waals surface area (Å²) in [4.78, 5) is 12.2. The van der Waals surface area contributed by atoms with Gasteiger partial charge in [-0.15, -0.1) is 0 Å². The van der Waals surface area contributed by atoms with E-state index < -0.39 is 24.1 Å². The zero-order valence-electron chi connectivity index (χ0n) is 14.8. The van der Waals surface area contributed by atoms with Gasteiger partial charge in [0, 0.05) is 6.54 Å². The summed E-state index contributed by atoms with van der Waals surface area (Å²) in [5, 5.41) is 11.6. The fraction of sp³-hybridized carbons (Fsp3) is 0.611. The maximum Gasteiger partial charge on any atom is 0.401 e. The number of ether oxygens (including phenoxy) is 1. The number of nitrogens with one attached hydrogen (secondary N) is 1. The van der Waals surface area contributed by atoms with Crippen molar-refractivity contribution in [3.8, 4) is 5.75 Å². The molecule has 0 fully saturated rings. The minimum absolute atomic E-state index is 0.0451. The number of carbonyl (C=O) groups is 1. The summed E-state index contributed by atoms with van der Waals surface area (Å²) in [7, 11) is 0. The molecular weight excluding hydrogens is 335 g/mol. The third kappa shape index (κ3) is 7.77. The van der Waals surface area contributed by atoms with Crippen LogP contribution in [-0.2, 0) is 9.53 Å². The molecule has 142 valence electrons. The van der Waals surface area contributed by atoms with Crippen molar-refractivity contribution < 1.29 is 27.8 Å². The zero-order chi connectivity index (χ0) is 19.1. The summed E-state index contributed by atoms with van der Waals surface area (Å²) in [5.74, 6) is -0.131. The van der Waals surface area contributed by atoms with E-state index in [0.29, 0.717) is 6.42 Å². The van der Waals surface area contributed by atoms with Gasteiger partial charge in [-0.2, -0.15) is 13.2 Å². The lowest BCUT2D eigenvalue weighted by molar-refractivity contribution is -0.154. The first-order chi connectivity index (χ1) is 11.5. The lowest BCUT2D eigenvalue weighted by Crippen LogP contribution is -2.34. The van der Waals surface area contributed by atoms with Gasteiger partial charge in [0.25, 0.3) is 0 Å². The average molecular weight is 361 g/mol. The van der Waals surface area contributed by atoms with E-state index in [0.717, 1.165) is 12.0 Å². The highest BCUT2D eigenvalue weighted by Gasteiger charge is 2.32. The zero-order valence-corrected chi connectivity index (χ0v) is 14.8. The Balaban J connectivity index is 2.51. The molecule has 25 heavy (non-hydrogen) atoms. The summed E-state index contributed by atoms with van der Waals surface area (Å²) in [6.45, 7) is 4.29. The van der Waals surface area contributed by atoms with Gasteiger partial charge in [-0.05, 0) is 50.3 Å². The number of benzene rings is 1. The Kier molecular flexibility index (Phi) is 7.73. The van der Waals surface area contributed by atoms with Gasteiger partial charge in [-0.3, -0.25) is 4.79 Å². The van der Waals surface area contributed by atoms with E-state index in [-0.39, 0.29) is 24.8 Å². The second-order valence-corrected chi connectivity index (χ2v) is 6.71. The molecular formula is C18H26F3NO3. The normalized spacial score (nSPS) is 13.5. The number of hydrogen-bond acceptors (Lipinski definition) is 4. The maximum absolute atomic E-state index is 12.2. The third-order valence-electron chi connectivity index (χ3n) is 4.00. The fourth-order valence-electron chi connectivity index (χ4n) is 2.59. The second kappa shape index (κ2) is 9.08.